The van der Waals surface area contributed by atoms with Gasteiger partial charge in [-0.2, -0.15) is 28.4 Å². The lowest BCUT2D eigenvalue weighted by Crippen LogP contribution is -2.52. The average molecular weight is 629 g/mol. The molecule has 4 bridgehead atoms. The Kier molecular flexibility index (Phi) is 6.05. The van der Waals surface area contributed by atoms with E-state index in [1.54, 1.807) is 0 Å². The predicted octanol–water partition coefficient (Wildman–Crippen LogP) is 5.76. The van der Waals surface area contributed by atoms with Crippen LogP contribution >= 0.6 is 11.3 Å². The fourth-order valence-electron chi connectivity index (χ4n) is 7.39. The molecule has 0 spiro atoms. The number of aromatic nitrogens is 2. The van der Waals surface area contributed by atoms with Gasteiger partial charge in [0.1, 0.15) is 28.2 Å². The van der Waals surface area contributed by atoms with Gasteiger partial charge in [0.15, 0.2) is 5.82 Å². The first-order chi connectivity index (χ1) is 21.1. The van der Waals surface area contributed by atoms with E-state index < -0.39 is 28.9 Å². The van der Waals surface area contributed by atoms with Crippen molar-refractivity contribution in [1.82, 2.24) is 15.3 Å². The number of ether oxygens (including phenoxy) is 2. The van der Waals surface area contributed by atoms with Crippen LogP contribution in [0.1, 0.15) is 36.8 Å². The number of rotatable bonds is 5. The zero-order chi connectivity index (χ0) is 30.5. The van der Waals surface area contributed by atoms with E-state index in [0.717, 1.165) is 55.2 Å². The number of nitrogens with zero attached hydrogens (tertiary/aromatic N) is 4. The maximum absolute atomic E-state index is 16.9. The molecule has 8 nitrogen and oxygen atoms in total. The van der Waals surface area contributed by atoms with Crippen molar-refractivity contribution >= 4 is 43.1 Å². The lowest BCUT2D eigenvalue weighted by molar-refractivity contribution is -0.137. The van der Waals surface area contributed by atoms with E-state index >= 15 is 4.39 Å². The number of hydrogen-bond donors (Lipinski definition) is 2. The summed E-state index contributed by atoms with van der Waals surface area (Å²) < 4.78 is 87.8. The second kappa shape index (κ2) is 9.60. The van der Waals surface area contributed by atoms with Gasteiger partial charge in [-0.05, 0) is 43.4 Å². The highest BCUT2D eigenvalue weighted by Crippen LogP contribution is 2.51. The molecule has 4 aliphatic heterocycles. The third-order valence-corrected chi connectivity index (χ3v) is 10.5. The minimum absolute atomic E-state index is 0.0466. The van der Waals surface area contributed by atoms with Gasteiger partial charge in [-0.1, -0.05) is 6.07 Å². The number of anilines is 2. The quantitative estimate of drug-likeness (QED) is 0.269. The van der Waals surface area contributed by atoms with E-state index in [1.165, 1.54) is 0 Å². The van der Waals surface area contributed by atoms with Gasteiger partial charge >= 0.3 is 12.2 Å². The third-order valence-electron chi connectivity index (χ3n) is 9.47. The van der Waals surface area contributed by atoms with Gasteiger partial charge in [0.05, 0.1) is 35.1 Å². The maximum atomic E-state index is 16.9. The summed E-state index contributed by atoms with van der Waals surface area (Å²) in [5, 5.41) is 12.8. The topological polar surface area (TPSA) is 109 Å². The number of hydrogen-bond acceptors (Lipinski definition) is 9. The van der Waals surface area contributed by atoms with Crippen LogP contribution < -0.4 is 20.7 Å². The molecule has 0 radical (unpaired) electrons. The van der Waals surface area contributed by atoms with E-state index in [0.29, 0.717) is 19.7 Å². The van der Waals surface area contributed by atoms with Gasteiger partial charge in [0.25, 0.3) is 0 Å². The molecule has 5 fully saturated rings. The van der Waals surface area contributed by atoms with Crippen LogP contribution in [0.3, 0.4) is 0 Å². The van der Waals surface area contributed by atoms with Crippen LogP contribution in [0, 0.1) is 28.4 Å². The Morgan fingerprint density at radius 2 is 1.93 bits per heavy atom. The average Bonchev–Trinajstić information content (AvgIpc) is 3.72. The van der Waals surface area contributed by atoms with Crippen molar-refractivity contribution in [2.45, 2.75) is 50.0 Å². The normalized spacial score (nSPS) is 25.9. The first kappa shape index (κ1) is 27.7. The van der Waals surface area contributed by atoms with Crippen molar-refractivity contribution in [3.63, 3.8) is 0 Å². The first-order valence-corrected chi connectivity index (χ1v) is 15.1. The molecule has 2 aromatic heterocycles. The van der Waals surface area contributed by atoms with Crippen molar-refractivity contribution in [2.75, 3.05) is 36.9 Å². The van der Waals surface area contributed by atoms with Crippen molar-refractivity contribution in [3.05, 3.63) is 41.0 Å². The fraction of sp³-hybridized carbons (Fsp3) is 0.433. The summed E-state index contributed by atoms with van der Waals surface area (Å²) in [7, 11) is 0. The molecule has 4 saturated heterocycles. The van der Waals surface area contributed by atoms with Crippen LogP contribution in [-0.2, 0) is 10.9 Å². The van der Waals surface area contributed by atoms with E-state index in [9.17, 15) is 22.8 Å². The van der Waals surface area contributed by atoms with Gasteiger partial charge in [-0.3, -0.25) is 0 Å². The van der Waals surface area contributed by atoms with Crippen molar-refractivity contribution in [2.24, 2.45) is 5.41 Å². The molecule has 228 valence electrons. The summed E-state index contributed by atoms with van der Waals surface area (Å²) in [6, 6.07) is 4.48. The Bertz CT molecular complexity index is 1880. The molecule has 1 aliphatic carbocycles. The number of thiophene rings is 1. The number of halogens is 5. The minimum Gasteiger partial charge on any atom is -0.463 e. The summed E-state index contributed by atoms with van der Waals surface area (Å²) in [5.74, 6) is -1.86. The van der Waals surface area contributed by atoms with Crippen LogP contribution in [0.2, 0.25) is 0 Å². The molecule has 4 aromatic rings. The highest BCUT2D eigenvalue weighted by Gasteiger charge is 2.52. The van der Waals surface area contributed by atoms with Crippen LogP contribution in [-0.4, -0.2) is 54.5 Å². The molecule has 2 atom stereocenters. The Morgan fingerprint density at radius 1 is 1.18 bits per heavy atom. The molecule has 1 saturated carbocycles. The van der Waals surface area contributed by atoms with E-state index in [1.807, 2.05) is 11.0 Å². The molecule has 2 unspecified atom stereocenters. The highest BCUT2D eigenvalue weighted by atomic mass is 32.1. The zero-order valence-corrected chi connectivity index (χ0v) is 23.9. The number of nitrogens with two attached hydrogens (primary N) is 1. The molecule has 3 N–H and O–H groups in total. The molecular formula is C30H25F5N6O2S. The van der Waals surface area contributed by atoms with Crippen molar-refractivity contribution < 1.29 is 31.4 Å². The highest BCUT2D eigenvalue weighted by molar-refractivity contribution is 7.23. The van der Waals surface area contributed by atoms with Gasteiger partial charge in [-0.25, -0.2) is 8.78 Å². The molecule has 6 heterocycles. The Balaban J connectivity index is 1.38. The molecule has 2 aromatic carbocycles. The van der Waals surface area contributed by atoms with Crippen molar-refractivity contribution in [1.29, 1.82) is 5.26 Å². The van der Waals surface area contributed by atoms with Crippen LogP contribution in [0.15, 0.2) is 18.2 Å². The Morgan fingerprint density at radius 3 is 2.59 bits per heavy atom. The van der Waals surface area contributed by atoms with Crippen molar-refractivity contribution in [3.8, 4) is 23.2 Å². The summed E-state index contributed by atoms with van der Waals surface area (Å²) >= 11 is 0.723. The summed E-state index contributed by atoms with van der Waals surface area (Å²) in [6.45, 7) is 1.98. The predicted molar refractivity (Wildman–Crippen MR) is 153 cm³/mol. The minimum atomic E-state index is -5.02. The Hall–Kier alpha value is -3.80. The maximum Gasteiger partial charge on any atom is 0.417 e. The van der Waals surface area contributed by atoms with Gasteiger partial charge < -0.3 is 25.4 Å². The smallest absolute Gasteiger partial charge is 0.417 e. The van der Waals surface area contributed by atoms with Gasteiger partial charge in [0, 0.05) is 46.9 Å². The standard InChI is InChI=1S/C30H25F5N6O2S/c31-20-4-3-16(21-18(8-36)26(37)44-25(20)21)22-19(30(33,34)35)5-17-24(23(22)32)39-28(43-12-29-6-15(7-29)42-11-29)40-27(17)41-13-1-2-14(41)10-38-9-13/h3-5,13-15,38H,1-2,6-7,9-12,37H2. The van der Waals surface area contributed by atoms with E-state index in [-0.39, 0.29) is 79.2 Å². The number of benzene rings is 2. The van der Waals surface area contributed by atoms with E-state index in [2.05, 4.69) is 15.3 Å². The number of piperazine rings is 1. The van der Waals surface area contributed by atoms with Crippen LogP contribution in [0.25, 0.3) is 32.1 Å². The molecular weight excluding hydrogens is 603 g/mol. The monoisotopic (exact) mass is 628 g/mol. The fourth-order valence-corrected chi connectivity index (χ4v) is 8.34. The van der Waals surface area contributed by atoms with Crippen LogP contribution in [0.4, 0.5) is 32.8 Å². The molecule has 0 amide bonds. The summed E-state index contributed by atoms with van der Waals surface area (Å²) in [5.41, 5.74) is 2.77. The van der Waals surface area contributed by atoms with Gasteiger partial charge in [0.2, 0.25) is 0 Å². The number of alkyl halides is 3. The molecule has 44 heavy (non-hydrogen) atoms. The number of nitriles is 1. The molecule has 14 heteroatoms. The first-order valence-electron chi connectivity index (χ1n) is 14.3. The molecule has 5 aliphatic rings. The third kappa shape index (κ3) is 4.05. The SMILES string of the molecule is N#Cc1c(N)sc2c(F)ccc(-c3c(C(F)(F)F)cc4c(N5C6CCC5CNC6)nc(OCC56COC(C5)C6)nc4c3F)c12. The van der Waals surface area contributed by atoms with E-state index in [4.69, 9.17) is 15.2 Å². The lowest BCUT2D eigenvalue weighted by atomic mass is 9.71. The number of nitrogens with one attached hydrogen (secondary N) is 1. The summed E-state index contributed by atoms with van der Waals surface area (Å²) in [6.07, 6.45) is -1.56. The summed E-state index contributed by atoms with van der Waals surface area (Å²) in [4.78, 5) is 10.9. The van der Waals surface area contributed by atoms with Crippen LogP contribution in [0.5, 0.6) is 6.01 Å². The number of fused-ring (bicyclic) bond motifs is 5. The lowest BCUT2D eigenvalue weighted by Gasteiger charge is -2.37. The Labute approximate surface area is 251 Å². The van der Waals surface area contributed by atoms with Gasteiger partial charge in [-0.15, -0.1) is 11.3 Å². The second-order valence-electron chi connectivity index (χ2n) is 12.2. The zero-order valence-electron chi connectivity index (χ0n) is 23.1. The number of nitrogen functional groups attached to an aromatic ring is 1. The second-order valence-corrected chi connectivity index (χ2v) is 13.2. The largest absolute Gasteiger partial charge is 0.463 e. The molecule has 9 rings (SSSR count).